The summed E-state index contributed by atoms with van der Waals surface area (Å²) in [5.74, 6) is 7.04. The quantitative estimate of drug-likeness (QED) is 0.432. The number of anilines is 1. The Balaban J connectivity index is 1.32. The van der Waals surface area contributed by atoms with Gasteiger partial charge in [-0.3, -0.25) is 4.79 Å². The molecule has 0 radical (unpaired) electrons. The molecule has 14 heteroatoms. The van der Waals surface area contributed by atoms with Crippen LogP contribution in [0.5, 0.6) is 0 Å². The molecule has 32 heavy (non-hydrogen) atoms. The van der Waals surface area contributed by atoms with Crippen molar-refractivity contribution >= 4 is 35.1 Å². The summed E-state index contributed by atoms with van der Waals surface area (Å²) in [6, 6.07) is 4.26. The number of hydrogen-bond acceptors (Lipinski definition) is 8. The Morgan fingerprint density at radius 1 is 1.25 bits per heavy atom. The molecule has 2 N–H and O–H groups in total. The SMILES string of the molecule is Nn1c(SCC(=O)N2CCN(c3ncc(C(F)(F)F)cc3Cl)CC2)nnc1-c1ccco1. The minimum absolute atomic E-state index is 0.0789. The summed E-state index contributed by atoms with van der Waals surface area (Å²) in [6.07, 6.45) is -2.26. The highest BCUT2D eigenvalue weighted by molar-refractivity contribution is 7.99. The third kappa shape index (κ3) is 4.63. The zero-order chi connectivity index (χ0) is 22.9. The van der Waals surface area contributed by atoms with Crippen LogP contribution in [0.2, 0.25) is 5.02 Å². The first-order valence-electron chi connectivity index (χ1n) is 9.36. The molecule has 4 heterocycles. The molecule has 1 aliphatic rings. The molecule has 1 saturated heterocycles. The highest BCUT2D eigenvalue weighted by Crippen LogP contribution is 2.33. The Bertz CT molecular complexity index is 1100. The number of nitrogens with zero attached hydrogens (tertiary/aromatic N) is 6. The van der Waals surface area contributed by atoms with Crippen molar-refractivity contribution in [1.82, 2.24) is 24.8 Å². The molecule has 0 aromatic carbocycles. The lowest BCUT2D eigenvalue weighted by Gasteiger charge is -2.35. The van der Waals surface area contributed by atoms with Crippen molar-refractivity contribution in [3.8, 4) is 11.6 Å². The maximum atomic E-state index is 12.8. The Hall–Kier alpha value is -2.93. The summed E-state index contributed by atoms with van der Waals surface area (Å²) >= 11 is 7.17. The van der Waals surface area contributed by atoms with Gasteiger partial charge in [0.2, 0.25) is 16.9 Å². The molecule has 170 valence electrons. The molecule has 4 rings (SSSR count). The number of rotatable bonds is 5. The second-order valence-corrected chi connectivity index (χ2v) is 8.19. The van der Waals surface area contributed by atoms with Crippen molar-refractivity contribution in [2.24, 2.45) is 0 Å². The molecule has 0 saturated carbocycles. The van der Waals surface area contributed by atoms with Gasteiger partial charge < -0.3 is 20.1 Å². The van der Waals surface area contributed by atoms with Crippen LogP contribution in [0.4, 0.5) is 19.0 Å². The number of carbonyl (C=O) groups excluding carboxylic acids is 1. The van der Waals surface area contributed by atoms with Crippen molar-refractivity contribution in [1.29, 1.82) is 0 Å². The second-order valence-electron chi connectivity index (χ2n) is 6.84. The molecule has 1 fully saturated rings. The normalized spacial score (nSPS) is 14.8. The fraction of sp³-hybridized carbons (Fsp3) is 0.333. The van der Waals surface area contributed by atoms with Gasteiger partial charge >= 0.3 is 6.18 Å². The molecule has 3 aromatic heterocycles. The van der Waals surface area contributed by atoms with E-state index < -0.39 is 11.7 Å². The third-order valence-corrected chi connectivity index (χ3v) is 6.02. The second kappa shape index (κ2) is 8.90. The number of aromatic nitrogens is 4. The van der Waals surface area contributed by atoms with Crippen LogP contribution in [-0.2, 0) is 11.0 Å². The fourth-order valence-electron chi connectivity index (χ4n) is 3.15. The number of alkyl halides is 3. The number of piperazine rings is 1. The van der Waals surface area contributed by atoms with Gasteiger partial charge in [-0.25, -0.2) is 9.66 Å². The zero-order valence-corrected chi connectivity index (χ0v) is 18.0. The first-order chi connectivity index (χ1) is 15.2. The van der Waals surface area contributed by atoms with Crippen molar-refractivity contribution in [3.05, 3.63) is 41.2 Å². The van der Waals surface area contributed by atoms with Gasteiger partial charge in [-0.2, -0.15) is 13.2 Å². The fourth-order valence-corrected chi connectivity index (χ4v) is 4.20. The number of furan rings is 1. The van der Waals surface area contributed by atoms with E-state index in [1.54, 1.807) is 21.9 Å². The molecular formula is C18H17ClF3N7O2S. The van der Waals surface area contributed by atoms with E-state index >= 15 is 0 Å². The monoisotopic (exact) mass is 487 g/mol. The predicted molar refractivity (Wildman–Crippen MR) is 112 cm³/mol. The van der Waals surface area contributed by atoms with Gasteiger partial charge in [-0.05, 0) is 18.2 Å². The smallest absolute Gasteiger partial charge is 0.417 e. The number of hydrogen-bond donors (Lipinski definition) is 1. The van der Waals surface area contributed by atoms with Gasteiger partial charge in [-0.1, -0.05) is 23.4 Å². The van der Waals surface area contributed by atoms with Crippen LogP contribution in [0.1, 0.15) is 5.56 Å². The number of amides is 1. The highest BCUT2D eigenvalue weighted by atomic mass is 35.5. The first kappa shape index (κ1) is 22.3. The number of halogens is 4. The molecule has 1 aliphatic heterocycles. The van der Waals surface area contributed by atoms with Crippen molar-refractivity contribution in [2.45, 2.75) is 11.3 Å². The summed E-state index contributed by atoms with van der Waals surface area (Å²) in [5.41, 5.74) is -0.903. The number of nitrogens with two attached hydrogens (primary N) is 1. The molecule has 0 unspecified atom stereocenters. The van der Waals surface area contributed by atoms with Gasteiger partial charge in [0.05, 0.1) is 22.6 Å². The number of carbonyl (C=O) groups is 1. The lowest BCUT2D eigenvalue weighted by molar-refractivity contribution is -0.137. The van der Waals surface area contributed by atoms with Gasteiger partial charge in [-0.15, -0.1) is 10.2 Å². The van der Waals surface area contributed by atoms with E-state index in [1.165, 1.54) is 10.9 Å². The highest BCUT2D eigenvalue weighted by Gasteiger charge is 2.32. The van der Waals surface area contributed by atoms with Crippen LogP contribution >= 0.6 is 23.4 Å². The summed E-state index contributed by atoms with van der Waals surface area (Å²) in [4.78, 5) is 19.9. The number of nitrogen functional groups attached to an aromatic ring is 1. The van der Waals surface area contributed by atoms with Gasteiger partial charge in [0.25, 0.3) is 0 Å². The average molecular weight is 488 g/mol. The van der Waals surface area contributed by atoms with Crippen LogP contribution in [-0.4, -0.2) is 62.6 Å². The minimum Gasteiger partial charge on any atom is -0.461 e. The first-order valence-corrected chi connectivity index (χ1v) is 10.7. The van der Waals surface area contributed by atoms with Crippen molar-refractivity contribution in [3.63, 3.8) is 0 Å². The van der Waals surface area contributed by atoms with Crippen molar-refractivity contribution < 1.29 is 22.4 Å². The van der Waals surface area contributed by atoms with Crippen LogP contribution in [0.15, 0.2) is 40.2 Å². The summed E-state index contributed by atoms with van der Waals surface area (Å²) < 4.78 is 44.9. The van der Waals surface area contributed by atoms with E-state index in [9.17, 15) is 18.0 Å². The molecule has 1 amide bonds. The minimum atomic E-state index is -4.51. The van der Waals surface area contributed by atoms with E-state index in [2.05, 4.69) is 15.2 Å². The van der Waals surface area contributed by atoms with E-state index in [-0.39, 0.29) is 22.5 Å². The van der Waals surface area contributed by atoms with Crippen LogP contribution < -0.4 is 10.7 Å². The molecule has 0 aliphatic carbocycles. The maximum Gasteiger partial charge on any atom is 0.417 e. The molecule has 3 aromatic rings. The molecule has 9 nitrogen and oxygen atoms in total. The predicted octanol–water partition coefficient (Wildman–Crippen LogP) is 2.76. The largest absolute Gasteiger partial charge is 0.461 e. The Kier molecular flexibility index (Phi) is 6.20. The van der Waals surface area contributed by atoms with E-state index in [4.69, 9.17) is 21.9 Å². The standard InChI is InChI=1S/C18H17ClF3N7O2S/c19-12-8-11(18(20,21)22)9-24-15(12)28-5-3-27(4-6-28)14(30)10-32-17-26-25-16(29(17)23)13-2-1-7-31-13/h1-2,7-9H,3-6,10,23H2. The maximum absolute atomic E-state index is 12.8. The molecule has 0 bridgehead atoms. The Morgan fingerprint density at radius 3 is 2.62 bits per heavy atom. The zero-order valence-electron chi connectivity index (χ0n) is 16.4. The number of thioether (sulfide) groups is 1. The lowest BCUT2D eigenvalue weighted by atomic mass is 10.2. The summed E-state index contributed by atoms with van der Waals surface area (Å²) in [7, 11) is 0. The molecular weight excluding hydrogens is 471 g/mol. The van der Waals surface area contributed by atoms with E-state index in [0.717, 1.165) is 24.0 Å². The van der Waals surface area contributed by atoms with E-state index in [0.29, 0.717) is 42.9 Å². The Labute approximate surface area is 189 Å². The molecule has 0 atom stereocenters. The summed E-state index contributed by atoms with van der Waals surface area (Å²) in [5, 5.41) is 8.24. The Morgan fingerprint density at radius 2 is 2.00 bits per heavy atom. The van der Waals surface area contributed by atoms with Gasteiger partial charge in [0.1, 0.15) is 5.82 Å². The van der Waals surface area contributed by atoms with Gasteiger partial charge in [0, 0.05) is 32.4 Å². The average Bonchev–Trinajstić information content (AvgIpc) is 3.41. The van der Waals surface area contributed by atoms with Crippen LogP contribution in [0, 0.1) is 0 Å². The lowest BCUT2D eigenvalue weighted by Crippen LogP contribution is -2.49. The number of pyridine rings is 1. The van der Waals surface area contributed by atoms with E-state index in [1.807, 2.05) is 0 Å². The van der Waals surface area contributed by atoms with Crippen LogP contribution in [0.25, 0.3) is 11.6 Å². The van der Waals surface area contributed by atoms with Crippen molar-refractivity contribution in [2.75, 3.05) is 42.7 Å². The van der Waals surface area contributed by atoms with Crippen LogP contribution in [0.3, 0.4) is 0 Å². The molecule has 0 spiro atoms. The third-order valence-electron chi connectivity index (χ3n) is 4.81. The summed E-state index contributed by atoms with van der Waals surface area (Å²) in [6.45, 7) is 1.55. The topological polar surface area (TPSA) is 106 Å². The van der Waals surface area contributed by atoms with Gasteiger partial charge in [0.15, 0.2) is 5.76 Å².